The van der Waals surface area contributed by atoms with Crippen molar-refractivity contribution in [2.75, 3.05) is 6.67 Å². The summed E-state index contributed by atoms with van der Waals surface area (Å²) in [7, 11) is 0. The van der Waals surface area contributed by atoms with E-state index in [4.69, 9.17) is 0 Å². The van der Waals surface area contributed by atoms with Gasteiger partial charge in [-0.1, -0.05) is 67.2 Å². The van der Waals surface area contributed by atoms with Gasteiger partial charge in [0.25, 0.3) is 0 Å². The first kappa shape index (κ1) is 17.3. The highest BCUT2D eigenvalue weighted by Gasteiger charge is 2.02. The molecule has 2 aromatic rings. The average Bonchev–Trinajstić information content (AvgIpc) is 2.62. The normalized spacial score (nSPS) is 10.9. The fourth-order valence-electron chi connectivity index (χ4n) is 1.96. The molecule has 0 atom stereocenters. The van der Waals surface area contributed by atoms with Crippen LogP contribution in [0.25, 0.3) is 12.2 Å². The zero-order valence-corrected chi connectivity index (χ0v) is 13.9. The minimum atomic E-state index is -0.152. The number of hydrogen-bond acceptors (Lipinski definition) is 2. The summed E-state index contributed by atoms with van der Waals surface area (Å²) in [6, 6.07) is 20.1. The van der Waals surface area contributed by atoms with Crippen LogP contribution in [0.1, 0.15) is 18.1 Å². The Bertz CT molecular complexity index is 669. The van der Waals surface area contributed by atoms with Crippen LogP contribution >= 0.6 is 0 Å². The summed E-state index contributed by atoms with van der Waals surface area (Å²) in [5.74, 6) is -0.152. The molecule has 1 N–H and O–H groups in total. The average molecular weight is 318 g/mol. The molecular weight excluding hydrogens is 296 g/mol. The van der Waals surface area contributed by atoms with Gasteiger partial charge >= 0.3 is 0 Å². The summed E-state index contributed by atoms with van der Waals surface area (Å²) in [4.78, 5) is 13.6. The van der Waals surface area contributed by atoms with Gasteiger partial charge in [-0.3, -0.25) is 4.79 Å². The molecule has 24 heavy (non-hydrogen) atoms. The van der Waals surface area contributed by atoms with E-state index in [9.17, 15) is 4.79 Å². The van der Waals surface area contributed by atoms with Gasteiger partial charge in [0, 0.05) is 18.0 Å². The quantitative estimate of drug-likeness (QED) is 0.610. The maximum absolute atomic E-state index is 11.7. The van der Waals surface area contributed by atoms with Crippen LogP contribution in [0.2, 0.25) is 0 Å². The van der Waals surface area contributed by atoms with Crippen LogP contribution in [0, 0.1) is 0 Å². The topological polar surface area (TPSA) is 32.3 Å². The molecule has 2 rings (SSSR count). The van der Waals surface area contributed by atoms with Crippen molar-refractivity contribution in [2.45, 2.75) is 6.92 Å². The summed E-state index contributed by atoms with van der Waals surface area (Å²) >= 11 is 0. The zero-order valence-electron chi connectivity index (χ0n) is 13.9. The molecule has 0 unspecified atom stereocenters. The maximum atomic E-state index is 11.7. The molecule has 0 aromatic heterocycles. The van der Waals surface area contributed by atoms with Crippen LogP contribution in [0.5, 0.6) is 0 Å². The van der Waals surface area contributed by atoms with Crippen molar-refractivity contribution >= 4 is 18.1 Å². The third-order valence-corrected chi connectivity index (χ3v) is 3.33. The van der Waals surface area contributed by atoms with E-state index >= 15 is 0 Å². The molecule has 0 aliphatic carbocycles. The standard InChI is InChI=1S/C21H22N2O/c1-18(2)21(24)22-17-23(15-13-19-9-5-3-6-10-19)16-14-20-11-7-4-8-12-20/h3-16H,1,17H2,2H3,(H,22,24). The Morgan fingerprint density at radius 3 is 1.83 bits per heavy atom. The Kier molecular flexibility index (Phi) is 6.59. The number of carbonyl (C=O) groups excluding carboxylic acids is 1. The van der Waals surface area contributed by atoms with E-state index in [1.807, 2.05) is 90.1 Å². The smallest absolute Gasteiger partial charge is 0.247 e. The number of benzene rings is 2. The predicted octanol–water partition coefficient (Wildman–Crippen LogP) is 4.28. The molecule has 1 amide bonds. The number of rotatable bonds is 7. The molecule has 3 nitrogen and oxygen atoms in total. The van der Waals surface area contributed by atoms with Gasteiger partial charge in [0.15, 0.2) is 0 Å². The Hall–Kier alpha value is -3.07. The lowest BCUT2D eigenvalue weighted by Crippen LogP contribution is -2.32. The van der Waals surface area contributed by atoms with Crippen molar-refractivity contribution in [1.29, 1.82) is 0 Å². The van der Waals surface area contributed by atoms with Gasteiger partial charge in [0.05, 0.1) is 6.67 Å². The number of nitrogens with one attached hydrogen (secondary N) is 1. The molecule has 122 valence electrons. The first-order valence-electron chi connectivity index (χ1n) is 7.81. The van der Waals surface area contributed by atoms with Crippen molar-refractivity contribution < 1.29 is 4.79 Å². The first-order valence-corrected chi connectivity index (χ1v) is 7.81. The van der Waals surface area contributed by atoms with E-state index in [1.165, 1.54) is 0 Å². The van der Waals surface area contributed by atoms with Gasteiger partial charge in [-0.05, 0) is 30.2 Å². The third kappa shape index (κ3) is 5.97. The van der Waals surface area contributed by atoms with Crippen LogP contribution in [0.3, 0.4) is 0 Å². The second-order valence-corrected chi connectivity index (χ2v) is 5.41. The molecule has 0 bridgehead atoms. The SMILES string of the molecule is C=C(C)C(=O)NCN(C=Cc1ccccc1)C=Cc1ccccc1. The van der Waals surface area contributed by atoms with Gasteiger partial charge in [-0.2, -0.15) is 0 Å². The predicted molar refractivity (Wildman–Crippen MR) is 101 cm³/mol. The lowest BCUT2D eigenvalue weighted by Gasteiger charge is -2.16. The molecule has 0 aliphatic rings. The number of nitrogens with zero attached hydrogens (tertiary/aromatic N) is 1. The summed E-state index contributed by atoms with van der Waals surface area (Å²) in [6.45, 7) is 5.72. The highest BCUT2D eigenvalue weighted by atomic mass is 16.1. The lowest BCUT2D eigenvalue weighted by molar-refractivity contribution is -0.117. The Morgan fingerprint density at radius 1 is 0.958 bits per heavy atom. The second kappa shape index (κ2) is 9.16. The number of amides is 1. The van der Waals surface area contributed by atoms with E-state index in [1.54, 1.807) is 6.92 Å². The van der Waals surface area contributed by atoms with Crippen molar-refractivity contribution in [2.24, 2.45) is 0 Å². The van der Waals surface area contributed by atoms with Crippen molar-refractivity contribution in [1.82, 2.24) is 10.2 Å². The minimum Gasteiger partial charge on any atom is -0.336 e. The second-order valence-electron chi connectivity index (χ2n) is 5.41. The molecule has 0 saturated heterocycles. The molecule has 0 spiro atoms. The molecule has 0 radical (unpaired) electrons. The van der Waals surface area contributed by atoms with Gasteiger partial charge < -0.3 is 10.2 Å². The van der Waals surface area contributed by atoms with E-state index in [0.717, 1.165) is 11.1 Å². The summed E-state index contributed by atoms with van der Waals surface area (Å²) in [5, 5.41) is 2.84. The molecule has 0 aliphatic heterocycles. The zero-order chi connectivity index (χ0) is 17.2. The Labute approximate surface area is 143 Å². The van der Waals surface area contributed by atoms with Crippen molar-refractivity contribution in [3.63, 3.8) is 0 Å². The Morgan fingerprint density at radius 2 is 1.42 bits per heavy atom. The minimum absolute atomic E-state index is 0.152. The van der Waals surface area contributed by atoms with Gasteiger partial charge in [-0.15, -0.1) is 0 Å². The summed E-state index contributed by atoms with van der Waals surface area (Å²) in [6.07, 6.45) is 7.88. The van der Waals surface area contributed by atoms with Gasteiger partial charge in [0.1, 0.15) is 0 Å². The highest BCUT2D eigenvalue weighted by Crippen LogP contribution is 2.06. The fourth-order valence-corrected chi connectivity index (χ4v) is 1.96. The molecule has 0 heterocycles. The Balaban J connectivity index is 2.08. The van der Waals surface area contributed by atoms with Crippen LogP contribution in [0.15, 0.2) is 85.2 Å². The van der Waals surface area contributed by atoms with Gasteiger partial charge in [0.2, 0.25) is 5.91 Å². The van der Waals surface area contributed by atoms with Crippen LogP contribution in [-0.4, -0.2) is 17.5 Å². The number of carbonyl (C=O) groups is 1. The summed E-state index contributed by atoms with van der Waals surface area (Å²) in [5.41, 5.74) is 2.69. The first-order chi connectivity index (χ1) is 11.6. The number of hydrogen-bond donors (Lipinski definition) is 1. The molecule has 3 heteroatoms. The largest absolute Gasteiger partial charge is 0.336 e. The highest BCUT2D eigenvalue weighted by molar-refractivity contribution is 5.92. The maximum Gasteiger partial charge on any atom is 0.247 e. The van der Waals surface area contributed by atoms with Crippen LogP contribution in [0.4, 0.5) is 0 Å². The molecule has 2 aromatic carbocycles. The van der Waals surface area contributed by atoms with Crippen LogP contribution < -0.4 is 5.32 Å². The van der Waals surface area contributed by atoms with Crippen molar-refractivity contribution in [3.8, 4) is 0 Å². The van der Waals surface area contributed by atoms with E-state index < -0.39 is 0 Å². The fraction of sp³-hybridized carbons (Fsp3) is 0.0952. The van der Waals surface area contributed by atoms with Crippen molar-refractivity contribution in [3.05, 3.63) is 96.3 Å². The van der Waals surface area contributed by atoms with E-state index in [0.29, 0.717) is 12.2 Å². The monoisotopic (exact) mass is 318 g/mol. The van der Waals surface area contributed by atoms with Gasteiger partial charge in [-0.25, -0.2) is 0 Å². The lowest BCUT2D eigenvalue weighted by atomic mass is 10.2. The van der Waals surface area contributed by atoms with E-state index in [-0.39, 0.29) is 5.91 Å². The third-order valence-electron chi connectivity index (χ3n) is 3.33. The van der Waals surface area contributed by atoms with Crippen LogP contribution in [-0.2, 0) is 4.79 Å². The molecule has 0 fully saturated rings. The molecular formula is C21H22N2O. The molecule has 0 saturated carbocycles. The summed E-state index contributed by atoms with van der Waals surface area (Å²) < 4.78 is 0. The van der Waals surface area contributed by atoms with E-state index in [2.05, 4.69) is 11.9 Å².